The number of methoxy groups -OCH3 is 1. The van der Waals surface area contributed by atoms with Crippen LogP contribution in [-0.4, -0.2) is 13.4 Å². The molecule has 2 nitrogen and oxygen atoms in total. The fourth-order valence-electron chi connectivity index (χ4n) is 1.36. The zero-order valence-electron chi connectivity index (χ0n) is 8.50. The first kappa shape index (κ1) is 10.7. The molecule has 14 heavy (non-hydrogen) atoms. The summed E-state index contributed by atoms with van der Waals surface area (Å²) in [7, 11) is 1.46. The molecular weight excluding hydrogens is 183 g/mol. The van der Waals surface area contributed by atoms with Crippen LogP contribution < -0.4 is 4.74 Å². The number of ether oxygens (including phenoxy) is 1. The number of hydrogen-bond donors (Lipinski definition) is 0. The molecule has 0 unspecified atom stereocenters. The van der Waals surface area contributed by atoms with Crippen LogP contribution >= 0.6 is 0 Å². The van der Waals surface area contributed by atoms with Crippen LogP contribution in [0.4, 0.5) is 4.39 Å². The highest BCUT2D eigenvalue weighted by atomic mass is 19.1. The second kappa shape index (κ2) is 3.78. The van der Waals surface area contributed by atoms with Crippen molar-refractivity contribution in [2.24, 2.45) is 0 Å². The van der Waals surface area contributed by atoms with Gasteiger partial charge in [0.25, 0.3) is 0 Å². The zero-order valence-corrected chi connectivity index (χ0v) is 8.50. The van der Waals surface area contributed by atoms with Gasteiger partial charge in [-0.1, -0.05) is 6.07 Å². The second-order valence-electron chi connectivity index (χ2n) is 3.66. The van der Waals surface area contributed by atoms with Crippen molar-refractivity contribution >= 4 is 6.29 Å². The Kier molecular flexibility index (Phi) is 2.89. The van der Waals surface area contributed by atoms with Gasteiger partial charge < -0.3 is 9.53 Å². The van der Waals surface area contributed by atoms with Gasteiger partial charge in [-0.15, -0.1) is 0 Å². The number of halogens is 1. The largest absolute Gasteiger partial charge is 0.496 e. The van der Waals surface area contributed by atoms with Crippen molar-refractivity contribution in [1.82, 2.24) is 0 Å². The van der Waals surface area contributed by atoms with E-state index in [1.54, 1.807) is 26.0 Å². The Morgan fingerprint density at radius 3 is 2.57 bits per heavy atom. The van der Waals surface area contributed by atoms with Gasteiger partial charge in [-0.25, -0.2) is 4.39 Å². The Morgan fingerprint density at radius 2 is 2.07 bits per heavy atom. The van der Waals surface area contributed by atoms with Crippen LogP contribution in [-0.2, 0) is 10.2 Å². The first-order valence-electron chi connectivity index (χ1n) is 4.32. The molecule has 1 aromatic rings. The van der Waals surface area contributed by atoms with Crippen molar-refractivity contribution in [3.63, 3.8) is 0 Å². The van der Waals surface area contributed by atoms with E-state index in [-0.39, 0.29) is 0 Å². The first-order valence-corrected chi connectivity index (χ1v) is 4.32. The van der Waals surface area contributed by atoms with E-state index >= 15 is 0 Å². The highest BCUT2D eigenvalue weighted by molar-refractivity contribution is 5.69. The standard InChI is InChI=1S/C11H13FO2/c1-11(2,7-13)10-8(12)5-4-6-9(10)14-3/h4-7H,1-3H3. The summed E-state index contributed by atoms with van der Waals surface area (Å²) in [6, 6.07) is 4.52. The number of carbonyl (C=O) groups is 1. The lowest BCUT2D eigenvalue weighted by atomic mass is 9.85. The van der Waals surface area contributed by atoms with Gasteiger partial charge >= 0.3 is 0 Å². The van der Waals surface area contributed by atoms with Crippen LogP contribution in [0.2, 0.25) is 0 Å². The van der Waals surface area contributed by atoms with Gasteiger partial charge in [0, 0.05) is 5.56 Å². The van der Waals surface area contributed by atoms with E-state index in [0.717, 1.165) is 0 Å². The molecule has 0 aliphatic carbocycles. The Balaban J connectivity index is 3.37. The summed E-state index contributed by atoms with van der Waals surface area (Å²) in [6.07, 6.45) is 0.716. The van der Waals surface area contributed by atoms with E-state index < -0.39 is 11.2 Å². The summed E-state index contributed by atoms with van der Waals surface area (Å²) < 4.78 is 18.5. The SMILES string of the molecule is COc1cccc(F)c1C(C)(C)C=O. The van der Waals surface area contributed by atoms with Gasteiger partial charge in [-0.2, -0.15) is 0 Å². The lowest BCUT2D eigenvalue weighted by Gasteiger charge is -2.20. The molecule has 0 saturated heterocycles. The summed E-state index contributed by atoms with van der Waals surface area (Å²) in [4.78, 5) is 10.8. The molecule has 0 aliphatic rings. The third-order valence-electron chi connectivity index (χ3n) is 2.13. The minimum atomic E-state index is -0.864. The fraction of sp³-hybridized carbons (Fsp3) is 0.364. The van der Waals surface area contributed by atoms with Gasteiger partial charge in [0.2, 0.25) is 0 Å². The predicted octanol–water partition coefficient (Wildman–Crippen LogP) is 2.31. The molecule has 0 N–H and O–H groups in total. The number of aldehydes is 1. The fourth-order valence-corrected chi connectivity index (χ4v) is 1.36. The molecule has 0 heterocycles. The molecule has 0 aromatic heterocycles. The summed E-state index contributed by atoms with van der Waals surface area (Å²) in [5.74, 6) is -0.0106. The number of rotatable bonds is 3. The van der Waals surface area contributed by atoms with E-state index in [2.05, 4.69) is 0 Å². The quantitative estimate of drug-likeness (QED) is 0.693. The zero-order chi connectivity index (χ0) is 10.8. The van der Waals surface area contributed by atoms with Gasteiger partial charge in [0.05, 0.1) is 12.5 Å². The lowest BCUT2D eigenvalue weighted by molar-refractivity contribution is -0.111. The Bertz CT molecular complexity index is 345. The van der Waals surface area contributed by atoms with Crippen molar-refractivity contribution in [3.8, 4) is 5.75 Å². The van der Waals surface area contributed by atoms with Crippen LogP contribution in [0, 0.1) is 5.82 Å². The summed E-state index contributed by atoms with van der Waals surface area (Å²) >= 11 is 0. The van der Waals surface area contributed by atoms with Crippen LogP contribution in [0.3, 0.4) is 0 Å². The van der Waals surface area contributed by atoms with Crippen LogP contribution in [0.15, 0.2) is 18.2 Å². The van der Waals surface area contributed by atoms with Crippen LogP contribution in [0.5, 0.6) is 5.75 Å². The van der Waals surface area contributed by atoms with Gasteiger partial charge in [-0.05, 0) is 26.0 Å². The van der Waals surface area contributed by atoms with Gasteiger partial charge in [-0.3, -0.25) is 0 Å². The normalized spacial score (nSPS) is 11.1. The minimum absolute atomic E-state index is 0.303. The van der Waals surface area contributed by atoms with Crippen LogP contribution in [0.25, 0.3) is 0 Å². The van der Waals surface area contributed by atoms with Crippen LogP contribution in [0.1, 0.15) is 19.4 Å². The smallest absolute Gasteiger partial charge is 0.131 e. The Labute approximate surface area is 82.7 Å². The third kappa shape index (κ3) is 1.76. The third-order valence-corrected chi connectivity index (χ3v) is 2.13. The molecule has 0 amide bonds. The maximum absolute atomic E-state index is 13.5. The van der Waals surface area contributed by atoms with E-state index in [0.29, 0.717) is 17.6 Å². The lowest BCUT2D eigenvalue weighted by Crippen LogP contribution is -2.21. The molecule has 1 rings (SSSR count). The molecular formula is C11H13FO2. The van der Waals surface area contributed by atoms with Gasteiger partial charge in [0.1, 0.15) is 17.9 Å². The van der Waals surface area contributed by atoms with E-state index in [1.165, 1.54) is 13.2 Å². The number of benzene rings is 1. The Hall–Kier alpha value is -1.38. The van der Waals surface area contributed by atoms with E-state index in [9.17, 15) is 9.18 Å². The number of hydrogen-bond acceptors (Lipinski definition) is 2. The number of carbonyl (C=O) groups excluding carboxylic acids is 1. The molecule has 0 fully saturated rings. The molecule has 0 bridgehead atoms. The molecule has 0 saturated carbocycles. The molecule has 0 radical (unpaired) electrons. The van der Waals surface area contributed by atoms with Gasteiger partial charge in [0.15, 0.2) is 0 Å². The van der Waals surface area contributed by atoms with Crippen molar-refractivity contribution in [2.75, 3.05) is 7.11 Å². The molecule has 76 valence electrons. The molecule has 0 spiro atoms. The molecule has 0 atom stereocenters. The van der Waals surface area contributed by atoms with Crippen molar-refractivity contribution in [3.05, 3.63) is 29.6 Å². The van der Waals surface area contributed by atoms with Crippen molar-refractivity contribution < 1.29 is 13.9 Å². The molecule has 1 aromatic carbocycles. The average molecular weight is 196 g/mol. The average Bonchev–Trinajstić information content (AvgIpc) is 2.17. The predicted molar refractivity (Wildman–Crippen MR) is 52.0 cm³/mol. The second-order valence-corrected chi connectivity index (χ2v) is 3.66. The van der Waals surface area contributed by atoms with Crippen molar-refractivity contribution in [2.45, 2.75) is 19.3 Å². The highest BCUT2D eigenvalue weighted by Gasteiger charge is 2.27. The van der Waals surface area contributed by atoms with E-state index in [4.69, 9.17) is 4.74 Å². The van der Waals surface area contributed by atoms with E-state index in [1.807, 2.05) is 0 Å². The summed E-state index contributed by atoms with van der Waals surface area (Å²) in [5, 5.41) is 0. The molecule has 0 aliphatic heterocycles. The monoisotopic (exact) mass is 196 g/mol. The molecule has 3 heteroatoms. The highest BCUT2D eigenvalue weighted by Crippen LogP contribution is 2.32. The maximum atomic E-state index is 13.5. The Morgan fingerprint density at radius 1 is 1.43 bits per heavy atom. The maximum Gasteiger partial charge on any atom is 0.131 e. The topological polar surface area (TPSA) is 26.3 Å². The minimum Gasteiger partial charge on any atom is -0.496 e. The summed E-state index contributed by atoms with van der Waals surface area (Å²) in [5.41, 5.74) is -0.561. The first-order chi connectivity index (χ1) is 6.53. The van der Waals surface area contributed by atoms with Crippen molar-refractivity contribution in [1.29, 1.82) is 0 Å². The summed E-state index contributed by atoms with van der Waals surface area (Å²) in [6.45, 7) is 3.31.